The number of hydrogen-bond acceptors (Lipinski definition) is 1. The SMILES string of the molecule is Cc1cc(C)cc(-c2c(F)ccc[n+]2[O-])c1. The van der Waals surface area contributed by atoms with Crippen LogP contribution in [0, 0.1) is 24.9 Å². The molecule has 0 amide bonds. The first-order chi connectivity index (χ1) is 7.58. The fraction of sp³-hybridized carbons (Fsp3) is 0.154. The Morgan fingerprint density at radius 3 is 2.31 bits per heavy atom. The van der Waals surface area contributed by atoms with E-state index in [1.807, 2.05) is 19.9 Å². The van der Waals surface area contributed by atoms with Gasteiger partial charge < -0.3 is 5.21 Å². The summed E-state index contributed by atoms with van der Waals surface area (Å²) in [5.74, 6) is -0.498. The van der Waals surface area contributed by atoms with Gasteiger partial charge in [-0.05, 0) is 32.0 Å². The van der Waals surface area contributed by atoms with Gasteiger partial charge in [0.2, 0.25) is 0 Å². The van der Waals surface area contributed by atoms with Crippen LogP contribution in [0.3, 0.4) is 0 Å². The third-order valence-electron chi connectivity index (χ3n) is 2.41. The Kier molecular flexibility index (Phi) is 2.60. The lowest BCUT2D eigenvalue weighted by atomic mass is 10.0. The number of halogens is 1. The van der Waals surface area contributed by atoms with Crippen LogP contribution in [0.2, 0.25) is 0 Å². The van der Waals surface area contributed by atoms with Crippen molar-refractivity contribution in [2.24, 2.45) is 0 Å². The van der Waals surface area contributed by atoms with Crippen LogP contribution in [0.15, 0.2) is 36.5 Å². The van der Waals surface area contributed by atoms with Crippen LogP contribution in [0.4, 0.5) is 4.39 Å². The maximum Gasteiger partial charge on any atom is 0.259 e. The predicted molar refractivity (Wildman–Crippen MR) is 60.3 cm³/mol. The van der Waals surface area contributed by atoms with Crippen molar-refractivity contribution in [2.45, 2.75) is 13.8 Å². The summed E-state index contributed by atoms with van der Waals surface area (Å²) >= 11 is 0. The van der Waals surface area contributed by atoms with Crippen LogP contribution in [0.1, 0.15) is 11.1 Å². The Morgan fingerprint density at radius 1 is 1.12 bits per heavy atom. The van der Waals surface area contributed by atoms with E-state index in [0.29, 0.717) is 10.3 Å². The first-order valence-electron chi connectivity index (χ1n) is 5.04. The molecule has 0 atom stereocenters. The van der Waals surface area contributed by atoms with Gasteiger partial charge in [-0.2, -0.15) is 9.12 Å². The van der Waals surface area contributed by atoms with Crippen LogP contribution >= 0.6 is 0 Å². The zero-order valence-electron chi connectivity index (χ0n) is 9.20. The molecule has 3 heteroatoms. The van der Waals surface area contributed by atoms with Crippen molar-refractivity contribution in [1.82, 2.24) is 0 Å². The lowest BCUT2D eigenvalue weighted by molar-refractivity contribution is -0.595. The second kappa shape index (κ2) is 3.93. The molecule has 0 radical (unpaired) electrons. The van der Waals surface area contributed by atoms with Gasteiger partial charge in [-0.3, -0.25) is 0 Å². The molecule has 1 heterocycles. The Hall–Kier alpha value is -1.90. The van der Waals surface area contributed by atoms with Crippen LogP contribution in [0.5, 0.6) is 0 Å². The summed E-state index contributed by atoms with van der Waals surface area (Å²) < 4.78 is 14.1. The summed E-state index contributed by atoms with van der Waals surface area (Å²) in [5.41, 5.74) is 2.72. The smallest absolute Gasteiger partial charge is 0.259 e. The number of rotatable bonds is 1. The molecular weight excluding hydrogens is 205 g/mol. The van der Waals surface area contributed by atoms with Crippen molar-refractivity contribution in [3.63, 3.8) is 0 Å². The number of aryl methyl sites for hydroxylation is 2. The van der Waals surface area contributed by atoms with Crippen molar-refractivity contribution in [1.29, 1.82) is 0 Å². The summed E-state index contributed by atoms with van der Waals surface area (Å²) in [6.07, 6.45) is 1.30. The number of aromatic nitrogens is 1. The van der Waals surface area contributed by atoms with E-state index < -0.39 is 5.82 Å². The van der Waals surface area contributed by atoms with Crippen molar-refractivity contribution < 1.29 is 9.12 Å². The maximum atomic E-state index is 13.6. The van der Waals surface area contributed by atoms with Crippen molar-refractivity contribution in [3.8, 4) is 11.3 Å². The molecule has 1 aromatic carbocycles. The van der Waals surface area contributed by atoms with Crippen LogP contribution in [-0.4, -0.2) is 0 Å². The molecule has 0 aliphatic carbocycles. The van der Waals surface area contributed by atoms with Gasteiger partial charge in [-0.15, -0.1) is 0 Å². The van der Waals surface area contributed by atoms with Gasteiger partial charge in [0.1, 0.15) is 0 Å². The highest BCUT2D eigenvalue weighted by Crippen LogP contribution is 2.21. The minimum atomic E-state index is -0.498. The maximum absolute atomic E-state index is 13.6. The normalized spacial score (nSPS) is 10.4. The standard InChI is InChI=1S/C13H12FNO/c1-9-6-10(2)8-11(7-9)13-12(14)4-3-5-15(13)16/h3-8H,1-2H3. The third-order valence-corrected chi connectivity index (χ3v) is 2.41. The van der Waals surface area contributed by atoms with Gasteiger partial charge in [0.15, 0.2) is 12.0 Å². The highest BCUT2D eigenvalue weighted by atomic mass is 19.1. The molecule has 0 fully saturated rings. The molecule has 0 saturated carbocycles. The minimum absolute atomic E-state index is 0.0781. The number of pyridine rings is 1. The molecule has 82 valence electrons. The van der Waals surface area contributed by atoms with Gasteiger partial charge in [-0.1, -0.05) is 17.2 Å². The molecule has 0 aliphatic rings. The van der Waals surface area contributed by atoms with E-state index in [1.165, 1.54) is 18.3 Å². The summed E-state index contributed by atoms with van der Waals surface area (Å²) in [7, 11) is 0. The van der Waals surface area contributed by atoms with E-state index in [9.17, 15) is 9.60 Å². The van der Waals surface area contributed by atoms with Gasteiger partial charge in [0, 0.05) is 6.07 Å². The Bertz CT molecular complexity index is 497. The zero-order valence-corrected chi connectivity index (χ0v) is 9.20. The third kappa shape index (κ3) is 1.89. The summed E-state index contributed by atoms with van der Waals surface area (Å²) in [4.78, 5) is 0. The number of benzene rings is 1. The molecule has 2 rings (SSSR count). The molecule has 2 nitrogen and oxygen atoms in total. The first-order valence-corrected chi connectivity index (χ1v) is 5.04. The summed E-state index contributed by atoms with van der Waals surface area (Å²) in [6.45, 7) is 3.85. The van der Waals surface area contributed by atoms with Crippen LogP contribution in [0.25, 0.3) is 11.3 Å². The molecule has 0 N–H and O–H groups in total. The van der Waals surface area contributed by atoms with Crippen LogP contribution < -0.4 is 4.73 Å². The first kappa shape index (κ1) is 10.6. The lowest BCUT2D eigenvalue weighted by Gasteiger charge is -2.06. The Labute approximate surface area is 93.6 Å². The van der Waals surface area contributed by atoms with Gasteiger partial charge in [-0.25, -0.2) is 0 Å². The number of hydrogen-bond donors (Lipinski definition) is 0. The molecule has 0 spiro atoms. The van der Waals surface area contributed by atoms with E-state index in [1.54, 1.807) is 12.1 Å². The zero-order chi connectivity index (χ0) is 11.7. The van der Waals surface area contributed by atoms with Gasteiger partial charge >= 0.3 is 0 Å². The molecule has 16 heavy (non-hydrogen) atoms. The van der Waals surface area contributed by atoms with Gasteiger partial charge in [0.05, 0.1) is 5.56 Å². The average Bonchev–Trinajstić information content (AvgIpc) is 2.15. The quantitative estimate of drug-likeness (QED) is 0.533. The molecular formula is C13H12FNO. The largest absolute Gasteiger partial charge is 0.618 e. The van der Waals surface area contributed by atoms with E-state index in [-0.39, 0.29) is 5.69 Å². The summed E-state index contributed by atoms with van der Waals surface area (Å²) in [5, 5.41) is 11.5. The van der Waals surface area contributed by atoms with Gasteiger partial charge in [0.25, 0.3) is 5.69 Å². The van der Waals surface area contributed by atoms with E-state index in [2.05, 4.69) is 0 Å². The topological polar surface area (TPSA) is 26.9 Å². The molecule has 0 unspecified atom stereocenters. The number of nitrogens with zero attached hydrogens (tertiary/aromatic N) is 1. The molecule has 2 aromatic rings. The van der Waals surface area contributed by atoms with E-state index >= 15 is 0 Å². The minimum Gasteiger partial charge on any atom is -0.618 e. The lowest BCUT2D eigenvalue weighted by Crippen LogP contribution is -2.29. The van der Waals surface area contributed by atoms with Crippen molar-refractivity contribution >= 4 is 0 Å². The highest BCUT2D eigenvalue weighted by Gasteiger charge is 2.15. The second-order valence-electron chi connectivity index (χ2n) is 3.91. The monoisotopic (exact) mass is 217 g/mol. The molecule has 0 bridgehead atoms. The van der Waals surface area contributed by atoms with Crippen molar-refractivity contribution in [3.05, 3.63) is 58.7 Å². The second-order valence-corrected chi connectivity index (χ2v) is 3.91. The van der Waals surface area contributed by atoms with Crippen LogP contribution in [-0.2, 0) is 0 Å². The Balaban J connectivity index is 2.67. The molecule has 1 aromatic heterocycles. The summed E-state index contributed by atoms with van der Waals surface area (Å²) in [6, 6.07) is 8.29. The highest BCUT2D eigenvalue weighted by molar-refractivity contribution is 5.59. The van der Waals surface area contributed by atoms with Crippen molar-refractivity contribution in [2.75, 3.05) is 0 Å². The molecule has 0 saturated heterocycles. The van der Waals surface area contributed by atoms with E-state index in [4.69, 9.17) is 0 Å². The average molecular weight is 217 g/mol. The fourth-order valence-corrected chi connectivity index (χ4v) is 1.84. The van der Waals surface area contributed by atoms with E-state index in [0.717, 1.165) is 11.1 Å². The Morgan fingerprint density at radius 2 is 1.75 bits per heavy atom. The fourth-order valence-electron chi connectivity index (χ4n) is 1.84. The molecule has 0 aliphatic heterocycles. The predicted octanol–water partition coefficient (Wildman–Crippen LogP) is 2.74.